The Bertz CT molecular complexity index is 445. The van der Waals surface area contributed by atoms with Crippen LogP contribution in [0.15, 0.2) is 18.2 Å². The molecule has 112 valence electrons. The molecule has 1 aromatic rings. The van der Waals surface area contributed by atoms with Gasteiger partial charge in [-0.2, -0.15) is 0 Å². The fraction of sp³-hybridized carbons (Fsp3) is 0.647. The standard InChI is InChI=1S/C17H27NO2/c1-12(2)14-5-6-15(13(3)4)16(7-14)18-8-17(9-19)10-20-11-17/h5-7,12-13,18-19H,8-11H2,1-4H3. The van der Waals surface area contributed by atoms with Crippen molar-refractivity contribution in [1.82, 2.24) is 0 Å². The Morgan fingerprint density at radius 1 is 1.20 bits per heavy atom. The predicted molar refractivity (Wildman–Crippen MR) is 83.4 cm³/mol. The van der Waals surface area contributed by atoms with E-state index in [1.807, 2.05) is 0 Å². The van der Waals surface area contributed by atoms with Crippen LogP contribution in [0, 0.1) is 5.41 Å². The van der Waals surface area contributed by atoms with E-state index in [-0.39, 0.29) is 12.0 Å². The molecule has 1 saturated heterocycles. The molecule has 1 heterocycles. The van der Waals surface area contributed by atoms with Crippen LogP contribution < -0.4 is 5.32 Å². The Labute approximate surface area is 122 Å². The summed E-state index contributed by atoms with van der Waals surface area (Å²) in [5.74, 6) is 1.01. The highest BCUT2D eigenvalue weighted by Crippen LogP contribution is 2.31. The van der Waals surface area contributed by atoms with Gasteiger partial charge >= 0.3 is 0 Å². The first-order valence-electron chi connectivity index (χ1n) is 7.54. The minimum Gasteiger partial charge on any atom is -0.396 e. The Balaban J connectivity index is 2.17. The predicted octanol–water partition coefficient (Wildman–Crippen LogP) is 3.35. The molecule has 0 atom stereocenters. The van der Waals surface area contributed by atoms with Crippen molar-refractivity contribution in [3.05, 3.63) is 29.3 Å². The third kappa shape index (κ3) is 3.15. The number of anilines is 1. The van der Waals surface area contributed by atoms with Crippen LogP contribution in [-0.4, -0.2) is 31.5 Å². The molecule has 0 unspecified atom stereocenters. The molecular weight excluding hydrogens is 250 g/mol. The number of aliphatic hydroxyl groups excluding tert-OH is 1. The normalized spacial score (nSPS) is 17.4. The van der Waals surface area contributed by atoms with Crippen molar-refractivity contribution in [1.29, 1.82) is 0 Å². The van der Waals surface area contributed by atoms with E-state index in [0.717, 1.165) is 6.54 Å². The fourth-order valence-electron chi connectivity index (χ4n) is 2.51. The second-order valence-electron chi connectivity index (χ2n) is 6.66. The summed E-state index contributed by atoms with van der Waals surface area (Å²) in [4.78, 5) is 0. The smallest absolute Gasteiger partial charge is 0.0584 e. The van der Waals surface area contributed by atoms with Gasteiger partial charge in [-0.1, -0.05) is 39.8 Å². The molecule has 0 saturated carbocycles. The van der Waals surface area contributed by atoms with Gasteiger partial charge in [-0.3, -0.25) is 0 Å². The lowest BCUT2D eigenvalue weighted by atomic mass is 9.86. The summed E-state index contributed by atoms with van der Waals surface area (Å²) in [6, 6.07) is 6.70. The van der Waals surface area contributed by atoms with Crippen LogP contribution in [0.5, 0.6) is 0 Å². The minimum absolute atomic E-state index is 0.0952. The third-order valence-electron chi connectivity index (χ3n) is 4.17. The molecule has 2 rings (SSSR count). The third-order valence-corrected chi connectivity index (χ3v) is 4.17. The summed E-state index contributed by atoms with van der Waals surface area (Å²) in [5, 5.41) is 13.1. The van der Waals surface area contributed by atoms with E-state index in [1.165, 1.54) is 16.8 Å². The summed E-state index contributed by atoms with van der Waals surface area (Å²) in [6.07, 6.45) is 0. The van der Waals surface area contributed by atoms with Gasteiger partial charge in [0.05, 0.1) is 25.2 Å². The van der Waals surface area contributed by atoms with Gasteiger partial charge in [-0.15, -0.1) is 0 Å². The fourth-order valence-corrected chi connectivity index (χ4v) is 2.51. The molecule has 3 nitrogen and oxygen atoms in total. The van der Waals surface area contributed by atoms with E-state index in [1.54, 1.807) is 0 Å². The molecule has 0 aliphatic carbocycles. The number of benzene rings is 1. The molecule has 20 heavy (non-hydrogen) atoms. The summed E-state index contributed by atoms with van der Waals surface area (Å²) in [5.41, 5.74) is 3.79. The number of ether oxygens (including phenoxy) is 1. The van der Waals surface area contributed by atoms with E-state index in [9.17, 15) is 5.11 Å². The van der Waals surface area contributed by atoms with Gasteiger partial charge < -0.3 is 15.2 Å². The molecule has 0 bridgehead atoms. The van der Waals surface area contributed by atoms with Gasteiger partial charge in [0, 0.05) is 12.2 Å². The van der Waals surface area contributed by atoms with Gasteiger partial charge in [-0.25, -0.2) is 0 Å². The average Bonchev–Trinajstić information content (AvgIpc) is 2.37. The van der Waals surface area contributed by atoms with Gasteiger partial charge in [-0.05, 0) is 29.0 Å². The van der Waals surface area contributed by atoms with Crippen molar-refractivity contribution in [2.45, 2.75) is 39.5 Å². The van der Waals surface area contributed by atoms with Gasteiger partial charge in [0.25, 0.3) is 0 Å². The number of hydrogen-bond acceptors (Lipinski definition) is 3. The molecule has 1 aromatic carbocycles. The lowest BCUT2D eigenvalue weighted by Crippen LogP contribution is -2.50. The first kappa shape index (κ1) is 15.3. The topological polar surface area (TPSA) is 41.5 Å². The van der Waals surface area contributed by atoms with Crippen LogP contribution in [0.2, 0.25) is 0 Å². The van der Waals surface area contributed by atoms with Gasteiger partial charge in [0.1, 0.15) is 0 Å². The minimum atomic E-state index is -0.0952. The zero-order valence-electron chi connectivity index (χ0n) is 13.1. The van der Waals surface area contributed by atoms with Crippen LogP contribution in [0.3, 0.4) is 0 Å². The molecule has 0 spiro atoms. The van der Waals surface area contributed by atoms with Crippen molar-refractivity contribution in [2.24, 2.45) is 5.41 Å². The summed E-state index contributed by atoms with van der Waals surface area (Å²) < 4.78 is 5.26. The van der Waals surface area contributed by atoms with Crippen molar-refractivity contribution in [3.63, 3.8) is 0 Å². The quantitative estimate of drug-likeness (QED) is 0.838. The Kier molecular flexibility index (Phi) is 4.71. The van der Waals surface area contributed by atoms with Crippen LogP contribution in [0.1, 0.15) is 50.7 Å². The molecule has 1 aliphatic rings. The van der Waals surface area contributed by atoms with E-state index in [2.05, 4.69) is 51.2 Å². The largest absolute Gasteiger partial charge is 0.396 e. The Morgan fingerprint density at radius 2 is 1.90 bits per heavy atom. The second-order valence-corrected chi connectivity index (χ2v) is 6.66. The molecule has 1 fully saturated rings. The zero-order chi connectivity index (χ0) is 14.8. The highest BCUT2D eigenvalue weighted by Gasteiger charge is 2.37. The van der Waals surface area contributed by atoms with Crippen LogP contribution in [0.4, 0.5) is 5.69 Å². The molecule has 1 aliphatic heterocycles. The lowest BCUT2D eigenvalue weighted by molar-refractivity contribution is -0.128. The number of nitrogens with one attached hydrogen (secondary N) is 1. The molecule has 0 radical (unpaired) electrons. The van der Waals surface area contributed by atoms with Crippen LogP contribution in [-0.2, 0) is 4.74 Å². The number of rotatable bonds is 6. The number of hydrogen-bond donors (Lipinski definition) is 2. The van der Waals surface area contributed by atoms with Crippen LogP contribution >= 0.6 is 0 Å². The molecule has 0 amide bonds. The zero-order valence-corrected chi connectivity index (χ0v) is 13.1. The highest BCUT2D eigenvalue weighted by molar-refractivity contribution is 5.55. The summed E-state index contributed by atoms with van der Waals surface area (Å²) in [6.45, 7) is 11.1. The van der Waals surface area contributed by atoms with Gasteiger partial charge in [0.15, 0.2) is 0 Å². The van der Waals surface area contributed by atoms with Crippen molar-refractivity contribution in [3.8, 4) is 0 Å². The first-order valence-corrected chi connectivity index (χ1v) is 7.54. The summed E-state index contributed by atoms with van der Waals surface area (Å²) in [7, 11) is 0. The molecular formula is C17H27NO2. The average molecular weight is 277 g/mol. The summed E-state index contributed by atoms with van der Waals surface area (Å²) >= 11 is 0. The Hall–Kier alpha value is -1.06. The number of aliphatic hydroxyl groups is 1. The van der Waals surface area contributed by atoms with Crippen LogP contribution in [0.25, 0.3) is 0 Å². The first-order chi connectivity index (χ1) is 9.47. The maximum absolute atomic E-state index is 9.52. The van der Waals surface area contributed by atoms with E-state index >= 15 is 0 Å². The van der Waals surface area contributed by atoms with E-state index in [4.69, 9.17) is 4.74 Å². The van der Waals surface area contributed by atoms with Gasteiger partial charge in [0.2, 0.25) is 0 Å². The highest BCUT2D eigenvalue weighted by atomic mass is 16.5. The lowest BCUT2D eigenvalue weighted by Gasteiger charge is -2.40. The molecule has 2 N–H and O–H groups in total. The maximum atomic E-state index is 9.52. The van der Waals surface area contributed by atoms with Crippen molar-refractivity contribution < 1.29 is 9.84 Å². The second kappa shape index (κ2) is 6.15. The SMILES string of the molecule is CC(C)c1ccc(C(C)C)c(NCC2(CO)COC2)c1. The van der Waals surface area contributed by atoms with Crippen molar-refractivity contribution >= 4 is 5.69 Å². The monoisotopic (exact) mass is 277 g/mol. The van der Waals surface area contributed by atoms with E-state index < -0.39 is 0 Å². The molecule has 3 heteroatoms. The Morgan fingerprint density at radius 3 is 2.35 bits per heavy atom. The maximum Gasteiger partial charge on any atom is 0.0584 e. The van der Waals surface area contributed by atoms with Crippen molar-refractivity contribution in [2.75, 3.05) is 31.7 Å². The molecule has 0 aromatic heterocycles. The van der Waals surface area contributed by atoms with E-state index in [0.29, 0.717) is 25.0 Å².